The van der Waals surface area contributed by atoms with Gasteiger partial charge in [-0.3, -0.25) is 4.79 Å². The Bertz CT molecular complexity index is 780. The number of aromatic nitrogens is 4. The van der Waals surface area contributed by atoms with Gasteiger partial charge in [-0.2, -0.15) is 23.3 Å². The zero-order valence-corrected chi connectivity index (χ0v) is 10.8. The number of alkyl halides is 3. The lowest BCUT2D eigenvalue weighted by Crippen LogP contribution is -2.23. The molecule has 1 aliphatic heterocycles. The summed E-state index contributed by atoms with van der Waals surface area (Å²) in [6.45, 7) is 0.412. The maximum Gasteiger partial charge on any atom is 0.421 e. The number of hydrogen-bond acceptors (Lipinski definition) is 7. The molecule has 1 aliphatic rings. The quantitative estimate of drug-likeness (QED) is 0.901. The molecule has 116 valence electrons. The third kappa shape index (κ3) is 2.82. The van der Waals surface area contributed by atoms with Crippen molar-refractivity contribution in [2.75, 3.05) is 6.61 Å². The van der Waals surface area contributed by atoms with Crippen LogP contribution in [0.2, 0.25) is 0 Å². The van der Waals surface area contributed by atoms with Crippen molar-refractivity contribution in [1.29, 1.82) is 0 Å². The smallest absolute Gasteiger partial charge is 0.395 e. The zero-order valence-electron chi connectivity index (χ0n) is 10.8. The molecule has 0 amide bonds. The first kappa shape index (κ1) is 14.2. The summed E-state index contributed by atoms with van der Waals surface area (Å²) < 4.78 is 42.9. The summed E-state index contributed by atoms with van der Waals surface area (Å²) in [5, 5.41) is 12.7. The molecule has 1 N–H and O–H groups in total. The highest BCUT2D eigenvalue weighted by molar-refractivity contribution is 5.97. The fraction of sp³-hybridized carbons (Fsp3) is 0.364. The van der Waals surface area contributed by atoms with Gasteiger partial charge in [0.2, 0.25) is 11.7 Å². The van der Waals surface area contributed by atoms with Crippen LogP contribution in [0.5, 0.6) is 0 Å². The minimum absolute atomic E-state index is 0.0493. The minimum Gasteiger partial charge on any atom is -0.395 e. The molecule has 0 aliphatic carbocycles. The number of rotatable bonds is 3. The second-order valence-electron chi connectivity index (χ2n) is 4.41. The van der Waals surface area contributed by atoms with Crippen LogP contribution in [-0.2, 0) is 17.4 Å². The van der Waals surface area contributed by atoms with Crippen molar-refractivity contribution in [3.05, 3.63) is 39.4 Å². The molecule has 0 bridgehead atoms. The summed E-state index contributed by atoms with van der Waals surface area (Å²) in [4.78, 5) is 19.9. The molecule has 8 nitrogen and oxygen atoms in total. The molecule has 11 heteroatoms. The second kappa shape index (κ2) is 5.24. The van der Waals surface area contributed by atoms with Crippen molar-refractivity contribution >= 4 is 5.71 Å². The Morgan fingerprint density at radius 2 is 2.18 bits per heavy atom. The molecule has 3 rings (SSSR count). The van der Waals surface area contributed by atoms with Gasteiger partial charge in [-0.25, -0.2) is 5.10 Å². The van der Waals surface area contributed by atoms with E-state index >= 15 is 0 Å². The van der Waals surface area contributed by atoms with Crippen molar-refractivity contribution in [2.24, 2.45) is 5.16 Å². The zero-order chi connectivity index (χ0) is 15.7. The van der Waals surface area contributed by atoms with E-state index in [1.807, 2.05) is 0 Å². The summed E-state index contributed by atoms with van der Waals surface area (Å²) in [5.74, 6) is 0.269. The van der Waals surface area contributed by atoms with Crippen molar-refractivity contribution in [1.82, 2.24) is 20.3 Å². The first-order valence-corrected chi connectivity index (χ1v) is 6.11. The first-order chi connectivity index (χ1) is 10.4. The highest BCUT2D eigenvalue weighted by Crippen LogP contribution is 2.26. The van der Waals surface area contributed by atoms with Gasteiger partial charge < -0.3 is 9.36 Å². The van der Waals surface area contributed by atoms with Crippen molar-refractivity contribution in [3.63, 3.8) is 0 Å². The molecule has 0 spiro atoms. The Morgan fingerprint density at radius 1 is 1.36 bits per heavy atom. The van der Waals surface area contributed by atoms with E-state index in [-0.39, 0.29) is 23.8 Å². The summed E-state index contributed by atoms with van der Waals surface area (Å²) >= 11 is 0. The molecule has 2 aromatic rings. The fourth-order valence-electron chi connectivity index (χ4n) is 1.81. The van der Waals surface area contributed by atoms with Crippen molar-refractivity contribution in [2.45, 2.75) is 19.0 Å². The number of oxime groups is 1. The van der Waals surface area contributed by atoms with E-state index in [1.54, 1.807) is 5.10 Å². The second-order valence-corrected chi connectivity index (χ2v) is 4.41. The minimum atomic E-state index is -4.76. The van der Waals surface area contributed by atoms with Crippen LogP contribution in [0.15, 0.2) is 20.5 Å². The summed E-state index contributed by atoms with van der Waals surface area (Å²) in [6.07, 6.45) is -4.39. The third-order valence-corrected chi connectivity index (χ3v) is 2.83. The summed E-state index contributed by atoms with van der Waals surface area (Å²) in [6, 6.07) is 0.652. The van der Waals surface area contributed by atoms with Gasteiger partial charge in [0.05, 0.1) is 12.1 Å². The van der Waals surface area contributed by atoms with E-state index in [9.17, 15) is 18.0 Å². The van der Waals surface area contributed by atoms with Crippen LogP contribution < -0.4 is 5.56 Å². The highest BCUT2D eigenvalue weighted by atomic mass is 19.4. The standard InChI is InChI=1S/C11H8F3N5O3/c12-11(13,14)6-3-5(16-17-10(6)20)4-8-15-9(19-22-8)7-1-2-21-18-7/h3H,1-2,4H2,(H,17,20). The van der Waals surface area contributed by atoms with Crippen LogP contribution in [-0.4, -0.2) is 32.7 Å². The Morgan fingerprint density at radius 3 is 2.86 bits per heavy atom. The van der Waals surface area contributed by atoms with E-state index in [0.29, 0.717) is 24.8 Å². The normalized spacial score (nSPS) is 14.8. The van der Waals surface area contributed by atoms with Gasteiger partial charge in [-0.1, -0.05) is 10.3 Å². The third-order valence-electron chi connectivity index (χ3n) is 2.83. The fourth-order valence-corrected chi connectivity index (χ4v) is 1.81. The Hall–Kier alpha value is -2.72. The van der Waals surface area contributed by atoms with Crippen LogP contribution in [0.3, 0.4) is 0 Å². The van der Waals surface area contributed by atoms with Crippen molar-refractivity contribution < 1.29 is 22.5 Å². The number of aromatic amines is 1. The summed E-state index contributed by atoms with van der Waals surface area (Å²) in [5.41, 5.74) is -2.18. The Labute approximate surface area is 120 Å². The van der Waals surface area contributed by atoms with E-state index in [4.69, 9.17) is 9.36 Å². The topological polar surface area (TPSA) is 106 Å². The predicted molar refractivity (Wildman–Crippen MR) is 64.1 cm³/mol. The van der Waals surface area contributed by atoms with Gasteiger partial charge in [-0.05, 0) is 6.07 Å². The van der Waals surface area contributed by atoms with E-state index in [1.165, 1.54) is 0 Å². The molecular formula is C11H8F3N5O3. The van der Waals surface area contributed by atoms with Gasteiger partial charge in [0.15, 0.2) is 0 Å². The van der Waals surface area contributed by atoms with Crippen LogP contribution in [0.4, 0.5) is 13.2 Å². The lowest BCUT2D eigenvalue weighted by atomic mass is 10.2. The molecule has 0 saturated carbocycles. The van der Waals surface area contributed by atoms with Crippen LogP contribution in [0, 0.1) is 0 Å². The SMILES string of the molecule is O=c1[nH]nc(Cc2nc(C3=NOCC3)no2)cc1C(F)(F)F. The molecule has 0 aromatic carbocycles. The molecule has 0 atom stereocenters. The van der Waals surface area contributed by atoms with Crippen LogP contribution in [0.25, 0.3) is 0 Å². The van der Waals surface area contributed by atoms with Crippen molar-refractivity contribution in [3.8, 4) is 0 Å². The molecule has 22 heavy (non-hydrogen) atoms. The number of hydrogen-bond donors (Lipinski definition) is 1. The Kier molecular flexibility index (Phi) is 3.39. The van der Waals surface area contributed by atoms with E-state index in [2.05, 4.69) is 20.4 Å². The van der Waals surface area contributed by atoms with Gasteiger partial charge in [0, 0.05) is 6.42 Å². The largest absolute Gasteiger partial charge is 0.421 e. The molecule has 0 fully saturated rings. The molecular weight excluding hydrogens is 307 g/mol. The lowest BCUT2D eigenvalue weighted by Gasteiger charge is -2.05. The molecule has 0 radical (unpaired) electrons. The van der Waals surface area contributed by atoms with Gasteiger partial charge in [0.1, 0.15) is 17.9 Å². The maximum atomic E-state index is 12.6. The van der Waals surface area contributed by atoms with E-state index in [0.717, 1.165) is 0 Å². The number of nitrogens with zero attached hydrogens (tertiary/aromatic N) is 4. The van der Waals surface area contributed by atoms with Gasteiger partial charge in [0.25, 0.3) is 5.56 Å². The average Bonchev–Trinajstić information content (AvgIpc) is 3.10. The number of halogens is 3. The number of nitrogens with one attached hydrogen (secondary N) is 1. The van der Waals surface area contributed by atoms with E-state index < -0.39 is 17.3 Å². The molecule has 0 unspecified atom stereocenters. The number of H-pyrrole nitrogens is 1. The van der Waals surface area contributed by atoms with Crippen LogP contribution >= 0.6 is 0 Å². The highest BCUT2D eigenvalue weighted by Gasteiger charge is 2.34. The van der Waals surface area contributed by atoms with Gasteiger partial charge >= 0.3 is 6.18 Å². The van der Waals surface area contributed by atoms with Crippen LogP contribution in [0.1, 0.15) is 29.4 Å². The lowest BCUT2D eigenvalue weighted by molar-refractivity contribution is -0.138. The van der Waals surface area contributed by atoms with Gasteiger partial charge in [-0.15, -0.1) is 0 Å². The molecule has 3 heterocycles. The predicted octanol–water partition coefficient (Wildman–Crippen LogP) is 0.887. The molecule has 0 saturated heterocycles. The maximum absolute atomic E-state index is 12.6. The molecule has 2 aromatic heterocycles. The monoisotopic (exact) mass is 315 g/mol. The Balaban J connectivity index is 1.83. The average molecular weight is 315 g/mol. The first-order valence-electron chi connectivity index (χ1n) is 6.11. The summed E-state index contributed by atoms with van der Waals surface area (Å²) in [7, 11) is 0.